The van der Waals surface area contributed by atoms with E-state index in [-0.39, 0.29) is 35.3 Å². The molecule has 1 atom stereocenters. The molecule has 2 saturated heterocycles. The van der Waals surface area contributed by atoms with Crippen molar-refractivity contribution in [2.24, 2.45) is 11.7 Å². The van der Waals surface area contributed by atoms with E-state index in [9.17, 15) is 14.4 Å². The zero-order valence-corrected chi connectivity index (χ0v) is 15.9. The first-order chi connectivity index (χ1) is 13.0. The van der Waals surface area contributed by atoms with Gasteiger partial charge in [-0.15, -0.1) is 0 Å². The maximum atomic E-state index is 12.7. The third-order valence-electron chi connectivity index (χ3n) is 5.58. The zero-order chi connectivity index (χ0) is 19.4. The van der Waals surface area contributed by atoms with Gasteiger partial charge in [0.2, 0.25) is 17.6 Å². The number of hydrogen-bond donors (Lipinski definition) is 1. The van der Waals surface area contributed by atoms with Crippen molar-refractivity contribution in [1.29, 1.82) is 0 Å². The highest BCUT2D eigenvalue weighted by Gasteiger charge is 2.31. The molecule has 3 heterocycles. The number of nitrogens with two attached hydrogens (primary N) is 1. The van der Waals surface area contributed by atoms with Crippen LogP contribution in [0.5, 0.6) is 0 Å². The summed E-state index contributed by atoms with van der Waals surface area (Å²) >= 11 is 0. The molecule has 0 aliphatic carbocycles. The fourth-order valence-electron chi connectivity index (χ4n) is 3.93. The van der Waals surface area contributed by atoms with Crippen LogP contribution in [0.3, 0.4) is 0 Å². The summed E-state index contributed by atoms with van der Waals surface area (Å²) in [5.74, 6) is -0.290. The van der Waals surface area contributed by atoms with Crippen molar-refractivity contribution < 1.29 is 18.9 Å². The van der Waals surface area contributed by atoms with Crippen LogP contribution in [0.4, 0.5) is 0 Å². The minimum absolute atomic E-state index is 0.195. The van der Waals surface area contributed by atoms with Crippen LogP contribution in [0.2, 0.25) is 0 Å². The second kappa shape index (κ2) is 8.54. The van der Waals surface area contributed by atoms with E-state index in [2.05, 4.69) is 5.16 Å². The normalized spacial score (nSPS) is 21.3. The molecule has 8 heteroatoms. The number of nitrogens with zero attached hydrogens (tertiary/aromatic N) is 3. The Hall–Kier alpha value is -2.38. The molecule has 0 radical (unpaired) electrons. The summed E-state index contributed by atoms with van der Waals surface area (Å²) in [4.78, 5) is 39.6. The molecule has 0 spiro atoms. The lowest BCUT2D eigenvalue weighted by Gasteiger charge is -2.31. The van der Waals surface area contributed by atoms with Gasteiger partial charge < -0.3 is 20.1 Å². The highest BCUT2D eigenvalue weighted by molar-refractivity contribution is 5.92. The lowest BCUT2D eigenvalue weighted by atomic mass is 9.93. The van der Waals surface area contributed by atoms with Crippen molar-refractivity contribution in [2.75, 3.05) is 26.2 Å². The molecule has 27 heavy (non-hydrogen) atoms. The lowest BCUT2D eigenvalue weighted by molar-refractivity contribution is -0.132. The number of amides is 3. The van der Waals surface area contributed by atoms with Crippen molar-refractivity contribution in [2.45, 2.75) is 51.4 Å². The van der Waals surface area contributed by atoms with Gasteiger partial charge >= 0.3 is 0 Å². The Kier molecular flexibility index (Phi) is 6.13. The summed E-state index contributed by atoms with van der Waals surface area (Å²) in [7, 11) is 0. The second-order valence-corrected chi connectivity index (χ2v) is 7.51. The summed E-state index contributed by atoms with van der Waals surface area (Å²) < 4.78 is 5.30. The van der Waals surface area contributed by atoms with Gasteiger partial charge in [0.25, 0.3) is 5.91 Å². The number of primary amides is 1. The van der Waals surface area contributed by atoms with E-state index in [1.54, 1.807) is 11.0 Å². The van der Waals surface area contributed by atoms with Gasteiger partial charge in [-0.3, -0.25) is 14.4 Å². The van der Waals surface area contributed by atoms with Crippen LogP contribution in [-0.4, -0.2) is 58.9 Å². The molecule has 3 rings (SSSR count). The molecule has 2 aliphatic rings. The molecule has 0 aromatic carbocycles. The van der Waals surface area contributed by atoms with Gasteiger partial charge in [0, 0.05) is 44.6 Å². The first-order valence-electron chi connectivity index (χ1n) is 9.82. The fraction of sp³-hybridized carbons (Fsp3) is 0.684. The third-order valence-corrected chi connectivity index (χ3v) is 5.58. The van der Waals surface area contributed by atoms with Crippen molar-refractivity contribution in [3.05, 3.63) is 17.5 Å². The Morgan fingerprint density at radius 1 is 1.19 bits per heavy atom. The van der Waals surface area contributed by atoms with Crippen LogP contribution in [-0.2, 0) is 9.59 Å². The Morgan fingerprint density at radius 2 is 1.93 bits per heavy atom. The second-order valence-electron chi connectivity index (χ2n) is 7.51. The van der Waals surface area contributed by atoms with Crippen LogP contribution >= 0.6 is 0 Å². The summed E-state index contributed by atoms with van der Waals surface area (Å²) in [5, 5.41) is 4.10. The molecule has 0 unspecified atom stereocenters. The number of hydrogen-bond acceptors (Lipinski definition) is 5. The summed E-state index contributed by atoms with van der Waals surface area (Å²) in [6.45, 7) is 4.36. The average molecular weight is 376 g/mol. The van der Waals surface area contributed by atoms with Crippen LogP contribution in [0.15, 0.2) is 10.6 Å². The molecular formula is C19H28N4O4. The monoisotopic (exact) mass is 376 g/mol. The van der Waals surface area contributed by atoms with Gasteiger partial charge in [-0.05, 0) is 32.1 Å². The van der Waals surface area contributed by atoms with Crippen LogP contribution < -0.4 is 5.73 Å². The number of aromatic nitrogens is 1. The van der Waals surface area contributed by atoms with Gasteiger partial charge in [-0.25, -0.2) is 0 Å². The molecule has 8 nitrogen and oxygen atoms in total. The molecule has 1 aromatic heterocycles. The van der Waals surface area contributed by atoms with Gasteiger partial charge in [-0.2, -0.15) is 0 Å². The molecule has 148 valence electrons. The summed E-state index contributed by atoms with van der Waals surface area (Å²) in [6, 6.07) is 1.71. The molecule has 0 saturated carbocycles. The quantitative estimate of drug-likeness (QED) is 0.838. The molecule has 2 N–H and O–H groups in total. The van der Waals surface area contributed by atoms with Gasteiger partial charge in [0.15, 0.2) is 0 Å². The first kappa shape index (κ1) is 19.4. The number of likely N-dealkylation sites (tertiary alicyclic amines) is 2. The average Bonchev–Trinajstić information content (AvgIpc) is 3.18. The van der Waals surface area contributed by atoms with E-state index in [1.807, 2.05) is 11.8 Å². The summed E-state index contributed by atoms with van der Waals surface area (Å²) in [5.41, 5.74) is 6.15. The van der Waals surface area contributed by atoms with Crippen LogP contribution in [0, 0.1) is 5.92 Å². The Bertz CT molecular complexity index is 694. The maximum absolute atomic E-state index is 12.7. The number of piperidine rings is 2. The van der Waals surface area contributed by atoms with E-state index in [0.717, 1.165) is 37.8 Å². The van der Waals surface area contributed by atoms with Crippen molar-refractivity contribution in [1.82, 2.24) is 15.0 Å². The zero-order valence-electron chi connectivity index (χ0n) is 15.9. The van der Waals surface area contributed by atoms with Gasteiger partial charge in [-0.1, -0.05) is 12.1 Å². The van der Waals surface area contributed by atoms with E-state index in [0.29, 0.717) is 32.6 Å². The summed E-state index contributed by atoms with van der Waals surface area (Å²) in [6.07, 6.45) is 4.57. The third kappa shape index (κ3) is 4.48. The Morgan fingerprint density at radius 3 is 2.59 bits per heavy atom. The molecule has 2 fully saturated rings. The fourth-order valence-corrected chi connectivity index (χ4v) is 3.93. The predicted molar refractivity (Wildman–Crippen MR) is 97.8 cm³/mol. The van der Waals surface area contributed by atoms with Gasteiger partial charge in [0.05, 0.1) is 11.6 Å². The van der Waals surface area contributed by atoms with Crippen molar-refractivity contribution >= 4 is 17.7 Å². The SMILES string of the molecule is CCCC(=O)N1CCC(c2cc(C(=O)N3CCC[C@H](C(N)=O)C3)on2)CC1. The number of carbonyl (C=O) groups is 3. The standard InChI is InChI=1S/C19H28N4O4/c1-2-4-17(24)22-9-6-13(7-10-22)15-11-16(27-21-15)19(26)23-8-3-5-14(12-23)18(20)25/h11,13-14H,2-10,12H2,1H3,(H2,20,25)/t14-/m0/s1. The molecular weight excluding hydrogens is 348 g/mol. The number of carbonyl (C=O) groups excluding carboxylic acids is 3. The Labute approximate surface area is 159 Å². The lowest BCUT2D eigenvalue weighted by Crippen LogP contribution is -2.44. The Balaban J connectivity index is 1.58. The van der Waals surface area contributed by atoms with Crippen LogP contribution in [0.25, 0.3) is 0 Å². The van der Waals surface area contributed by atoms with E-state index < -0.39 is 0 Å². The molecule has 1 aromatic rings. The maximum Gasteiger partial charge on any atom is 0.292 e. The molecule has 3 amide bonds. The first-order valence-corrected chi connectivity index (χ1v) is 9.82. The minimum atomic E-state index is -0.366. The largest absolute Gasteiger partial charge is 0.369 e. The highest BCUT2D eigenvalue weighted by Crippen LogP contribution is 2.28. The van der Waals surface area contributed by atoms with Crippen molar-refractivity contribution in [3.63, 3.8) is 0 Å². The minimum Gasteiger partial charge on any atom is -0.369 e. The molecule has 2 aliphatic heterocycles. The smallest absolute Gasteiger partial charge is 0.292 e. The topological polar surface area (TPSA) is 110 Å². The van der Waals surface area contributed by atoms with E-state index >= 15 is 0 Å². The predicted octanol–water partition coefficient (Wildman–Crippen LogP) is 1.52. The van der Waals surface area contributed by atoms with E-state index in [4.69, 9.17) is 10.3 Å². The molecule has 0 bridgehead atoms. The van der Waals surface area contributed by atoms with Crippen LogP contribution in [0.1, 0.15) is 67.6 Å². The number of rotatable bonds is 5. The van der Waals surface area contributed by atoms with Gasteiger partial charge in [0.1, 0.15) is 0 Å². The van der Waals surface area contributed by atoms with E-state index in [1.165, 1.54) is 0 Å². The highest BCUT2D eigenvalue weighted by atomic mass is 16.5. The van der Waals surface area contributed by atoms with Crippen molar-refractivity contribution in [3.8, 4) is 0 Å².